The molecule has 1 aliphatic rings. The second-order valence-electron chi connectivity index (χ2n) is 5.41. The van der Waals surface area contributed by atoms with E-state index in [1.54, 1.807) is 21.0 Å². The second kappa shape index (κ2) is 5.74. The summed E-state index contributed by atoms with van der Waals surface area (Å²) in [6.45, 7) is 4.52. The molecule has 2 rings (SSSR count). The first-order chi connectivity index (χ1) is 9.75. The molecule has 3 N–H and O–H groups in total. The quantitative estimate of drug-likeness (QED) is 0.813. The van der Waals surface area contributed by atoms with Gasteiger partial charge in [-0.1, -0.05) is 13.8 Å². The first kappa shape index (κ1) is 15.9. The summed E-state index contributed by atoms with van der Waals surface area (Å²) < 4.78 is 28.8. The summed E-state index contributed by atoms with van der Waals surface area (Å²) in [7, 11) is -2.45. The maximum absolute atomic E-state index is 12.5. The molecule has 1 unspecified atom stereocenters. The number of methoxy groups -OCH3 is 1. The number of nitrogens with one attached hydrogen (secondary N) is 1. The van der Waals surface area contributed by atoms with Crippen LogP contribution in [-0.2, 0) is 14.8 Å². The highest BCUT2D eigenvalue weighted by atomic mass is 32.2. The zero-order chi connectivity index (χ0) is 15.8. The molecule has 1 aliphatic heterocycles. The van der Waals surface area contributed by atoms with Crippen LogP contribution >= 0.6 is 0 Å². The molecule has 8 nitrogen and oxygen atoms in total. The van der Waals surface area contributed by atoms with Crippen LogP contribution in [0.4, 0.5) is 0 Å². The minimum atomic E-state index is -4.03. The van der Waals surface area contributed by atoms with Crippen LogP contribution in [0.3, 0.4) is 0 Å². The average molecular weight is 316 g/mol. The largest absolute Gasteiger partial charge is 0.380 e. The second-order valence-corrected chi connectivity index (χ2v) is 6.91. The standard InChI is InChI=1S/C12H20N4O4S/c1-7(2)9-11(21(13,18)19)10(15-14-9)12(17)16-5-4-8(6-16)20-3/h7-8H,4-6H2,1-3H3,(H,14,15)(H2,13,18,19). The fourth-order valence-corrected chi connectivity index (χ4v) is 3.41. The molecule has 118 valence electrons. The Hall–Kier alpha value is -1.45. The summed E-state index contributed by atoms with van der Waals surface area (Å²) in [6.07, 6.45) is 0.685. The van der Waals surface area contributed by atoms with E-state index in [-0.39, 0.29) is 22.6 Å². The van der Waals surface area contributed by atoms with Gasteiger partial charge in [0.05, 0.1) is 11.8 Å². The van der Waals surface area contributed by atoms with Crippen molar-refractivity contribution in [1.29, 1.82) is 0 Å². The number of primary sulfonamides is 1. The van der Waals surface area contributed by atoms with Crippen molar-refractivity contribution in [3.05, 3.63) is 11.4 Å². The minimum Gasteiger partial charge on any atom is -0.380 e. The van der Waals surface area contributed by atoms with Crippen LogP contribution in [0.2, 0.25) is 0 Å². The number of amides is 1. The Morgan fingerprint density at radius 3 is 2.67 bits per heavy atom. The Morgan fingerprint density at radius 1 is 1.52 bits per heavy atom. The van der Waals surface area contributed by atoms with Gasteiger partial charge in [0.1, 0.15) is 4.90 Å². The van der Waals surface area contributed by atoms with E-state index < -0.39 is 15.9 Å². The van der Waals surface area contributed by atoms with Gasteiger partial charge < -0.3 is 9.64 Å². The number of aromatic nitrogens is 2. The number of hydrogen-bond acceptors (Lipinski definition) is 5. The van der Waals surface area contributed by atoms with Crippen LogP contribution < -0.4 is 5.14 Å². The number of nitrogens with zero attached hydrogens (tertiary/aromatic N) is 2. The van der Waals surface area contributed by atoms with E-state index in [0.717, 1.165) is 0 Å². The Bertz CT molecular complexity index is 638. The lowest BCUT2D eigenvalue weighted by Crippen LogP contribution is -2.32. The van der Waals surface area contributed by atoms with Gasteiger partial charge in [0.2, 0.25) is 10.0 Å². The van der Waals surface area contributed by atoms with Crippen molar-refractivity contribution in [2.24, 2.45) is 5.14 Å². The van der Waals surface area contributed by atoms with Crippen LogP contribution in [0.5, 0.6) is 0 Å². The minimum absolute atomic E-state index is 0.0320. The number of carbonyl (C=O) groups is 1. The number of H-pyrrole nitrogens is 1. The van der Waals surface area contributed by atoms with E-state index in [4.69, 9.17) is 9.88 Å². The Morgan fingerprint density at radius 2 is 2.19 bits per heavy atom. The summed E-state index contributed by atoms with van der Waals surface area (Å²) in [5.41, 5.74) is 0.210. The third-order valence-corrected chi connectivity index (χ3v) is 4.56. The predicted octanol–water partition coefficient (Wildman–Crippen LogP) is 0.0414. The monoisotopic (exact) mass is 316 g/mol. The fourth-order valence-electron chi connectivity index (χ4n) is 2.42. The van der Waals surface area contributed by atoms with E-state index in [0.29, 0.717) is 25.2 Å². The number of nitrogens with two attached hydrogens (primary N) is 1. The summed E-state index contributed by atoms with van der Waals surface area (Å²) in [5, 5.41) is 11.8. The Balaban J connectivity index is 2.39. The van der Waals surface area contributed by atoms with E-state index in [2.05, 4.69) is 10.2 Å². The number of likely N-dealkylation sites (tertiary alicyclic amines) is 1. The molecule has 1 amide bonds. The maximum atomic E-state index is 12.5. The topological polar surface area (TPSA) is 118 Å². The molecule has 9 heteroatoms. The van der Waals surface area contributed by atoms with Crippen molar-refractivity contribution in [1.82, 2.24) is 15.1 Å². The molecule has 0 spiro atoms. The Labute approximate surface area is 123 Å². The number of ether oxygens (including phenoxy) is 1. The van der Waals surface area contributed by atoms with Gasteiger partial charge in [-0.15, -0.1) is 0 Å². The molecule has 2 heterocycles. The van der Waals surface area contributed by atoms with Crippen molar-refractivity contribution in [2.45, 2.75) is 37.2 Å². The van der Waals surface area contributed by atoms with Crippen molar-refractivity contribution >= 4 is 15.9 Å². The number of sulfonamides is 1. The van der Waals surface area contributed by atoms with Crippen LogP contribution in [0.1, 0.15) is 42.4 Å². The molecule has 0 aliphatic carbocycles. The lowest BCUT2D eigenvalue weighted by Gasteiger charge is -2.15. The van der Waals surface area contributed by atoms with Gasteiger partial charge in [0.25, 0.3) is 5.91 Å². The Kier molecular flexibility index (Phi) is 4.35. The number of aromatic amines is 1. The van der Waals surface area contributed by atoms with Crippen LogP contribution in [0, 0.1) is 0 Å². The smallest absolute Gasteiger partial charge is 0.275 e. The van der Waals surface area contributed by atoms with Gasteiger partial charge >= 0.3 is 0 Å². The normalized spacial score (nSPS) is 19.5. The highest BCUT2D eigenvalue weighted by Gasteiger charge is 2.34. The first-order valence-corrected chi connectivity index (χ1v) is 8.23. The molecule has 1 atom stereocenters. The molecule has 1 aromatic heterocycles. The molecule has 0 aromatic carbocycles. The van der Waals surface area contributed by atoms with E-state index in [1.165, 1.54) is 4.90 Å². The van der Waals surface area contributed by atoms with Crippen molar-refractivity contribution in [3.8, 4) is 0 Å². The highest BCUT2D eigenvalue weighted by molar-refractivity contribution is 7.89. The lowest BCUT2D eigenvalue weighted by molar-refractivity contribution is 0.0715. The molecular weight excluding hydrogens is 296 g/mol. The zero-order valence-electron chi connectivity index (χ0n) is 12.3. The molecule has 21 heavy (non-hydrogen) atoms. The zero-order valence-corrected chi connectivity index (χ0v) is 13.1. The average Bonchev–Trinajstić information content (AvgIpc) is 3.03. The molecule has 1 fully saturated rings. The van der Waals surface area contributed by atoms with Crippen molar-refractivity contribution < 1.29 is 17.9 Å². The molecule has 0 radical (unpaired) electrons. The van der Waals surface area contributed by atoms with Crippen LogP contribution in [0.25, 0.3) is 0 Å². The van der Waals surface area contributed by atoms with Crippen LogP contribution in [0.15, 0.2) is 4.90 Å². The molecule has 0 saturated carbocycles. The third-order valence-electron chi connectivity index (χ3n) is 3.58. The van der Waals surface area contributed by atoms with Gasteiger partial charge in [-0.2, -0.15) is 5.10 Å². The SMILES string of the molecule is COC1CCN(C(=O)c2n[nH]c(C(C)C)c2S(N)(=O)=O)C1. The van der Waals surface area contributed by atoms with Crippen molar-refractivity contribution in [3.63, 3.8) is 0 Å². The first-order valence-electron chi connectivity index (χ1n) is 6.68. The lowest BCUT2D eigenvalue weighted by atomic mass is 10.1. The maximum Gasteiger partial charge on any atom is 0.275 e. The van der Waals surface area contributed by atoms with E-state index in [9.17, 15) is 13.2 Å². The number of hydrogen-bond donors (Lipinski definition) is 2. The van der Waals surface area contributed by atoms with E-state index >= 15 is 0 Å². The predicted molar refractivity (Wildman–Crippen MR) is 75.4 cm³/mol. The van der Waals surface area contributed by atoms with Gasteiger partial charge in [-0.3, -0.25) is 9.89 Å². The highest BCUT2D eigenvalue weighted by Crippen LogP contribution is 2.25. The summed E-state index contributed by atoms with van der Waals surface area (Å²) >= 11 is 0. The van der Waals surface area contributed by atoms with Gasteiger partial charge in [-0.25, -0.2) is 13.6 Å². The summed E-state index contributed by atoms with van der Waals surface area (Å²) in [6, 6.07) is 0. The summed E-state index contributed by atoms with van der Waals surface area (Å²) in [5.74, 6) is -0.584. The molecule has 0 bridgehead atoms. The third kappa shape index (κ3) is 3.09. The fraction of sp³-hybridized carbons (Fsp3) is 0.667. The number of rotatable bonds is 4. The van der Waals surface area contributed by atoms with Gasteiger partial charge in [0.15, 0.2) is 5.69 Å². The molecular formula is C12H20N4O4S. The summed E-state index contributed by atoms with van der Waals surface area (Å²) in [4.78, 5) is 13.8. The van der Waals surface area contributed by atoms with Gasteiger partial charge in [0, 0.05) is 20.2 Å². The van der Waals surface area contributed by atoms with E-state index in [1.807, 2.05) is 0 Å². The van der Waals surface area contributed by atoms with Crippen LogP contribution in [-0.4, -0.2) is 55.7 Å². The molecule has 1 aromatic rings. The van der Waals surface area contributed by atoms with Crippen molar-refractivity contribution in [2.75, 3.05) is 20.2 Å². The molecule has 1 saturated heterocycles. The van der Waals surface area contributed by atoms with Gasteiger partial charge in [-0.05, 0) is 12.3 Å². The number of carbonyl (C=O) groups excluding carboxylic acids is 1.